The lowest BCUT2D eigenvalue weighted by molar-refractivity contribution is 0.669. The van der Waals surface area contributed by atoms with Crippen molar-refractivity contribution < 1.29 is 4.42 Å². The average Bonchev–Trinajstić information content (AvgIpc) is 3.91. The van der Waals surface area contributed by atoms with Gasteiger partial charge in [0.15, 0.2) is 5.58 Å². The summed E-state index contributed by atoms with van der Waals surface area (Å²) in [6.07, 6.45) is 0. The zero-order valence-electron chi connectivity index (χ0n) is 27.6. The van der Waals surface area contributed by atoms with Crippen LogP contribution < -0.4 is 4.90 Å². The molecule has 2 heteroatoms. The van der Waals surface area contributed by atoms with Gasteiger partial charge in [0.25, 0.3) is 0 Å². The van der Waals surface area contributed by atoms with E-state index in [1.54, 1.807) is 0 Å². The van der Waals surface area contributed by atoms with Crippen molar-refractivity contribution in [2.45, 2.75) is 5.41 Å². The molecule has 1 heterocycles. The number of para-hydroxylation sites is 3. The van der Waals surface area contributed by atoms with E-state index in [1.165, 1.54) is 61.2 Å². The topological polar surface area (TPSA) is 16.4 Å². The van der Waals surface area contributed by atoms with Crippen LogP contribution in [0.15, 0.2) is 180 Å². The molecule has 51 heavy (non-hydrogen) atoms. The SMILES string of the molecule is c1ccc(-c2ccccc2N(c2ccc3c(c2)C24c5ccccc5-c5cccc(c52)-c2cccc-3c24)c2cccc3c2oc2ccccc23)cc1. The first kappa shape index (κ1) is 27.2. The minimum absolute atomic E-state index is 0.365. The number of nitrogens with zero attached hydrogens (tertiary/aromatic N) is 1. The molecular formula is C49H29NO. The molecule has 12 rings (SSSR count). The summed E-state index contributed by atoms with van der Waals surface area (Å²) in [6, 6.07) is 64.4. The van der Waals surface area contributed by atoms with Gasteiger partial charge >= 0.3 is 0 Å². The predicted molar refractivity (Wildman–Crippen MR) is 209 cm³/mol. The zero-order valence-corrected chi connectivity index (χ0v) is 27.6. The fourth-order valence-corrected chi connectivity index (χ4v) is 9.73. The molecule has 0 amide bonds. The highest BCUT2D eigenvalue weighted by atomic mass is 16.3. The van der Waals surface area contributed by atoms with E-state index in [0.29, 0.717) is 0 Å². The molecule has 0 radical (unpaired) electrons. The van der Waals surface area contributed by atoms with Crippen molar-refractivity contribution in [3.63, 3.8) is 0 Å². The Balaban J connectivity index is 1.19. The standard InChI is InChI=1S/C49H29NO/c1-2-13-30(14-3-1)32-15-5-8-24-43(32)50(44-25-12-22-40-35-17-6-9-26-45(35)51-48(40)44)31-27-28-34-37-19-11-21-39-38-20-10-18-36-33-16-4-7-23-41(33)49(46(36)38,47(37)39)42(34)29-31/h1-29H. The smallest absolute Gasteiger partial charge is 0.159 e. The summed E-state index contributed by atoms with van der Waals surface area (Å²) in [5, 5.41) is 2.24. The third kappa shape index (κ3) is 3.32. The van der Waals surface area contributed by atoms with Gasteiger partial charge in [0.2, 0.25) is 0 Å². The van der Waals surface area contributed by atoms with Crippen LogP contribution in [-0.2, 0) is 5.41 Å². The summed E-state index contributed by atoms with van der Waals surface area (Å²) in [5.74, 6) is 0. The van der Waals surface area contributed by atoms with E-state index in [-0.39, 0.29) is 5.41 Å². The normalized spacial score (nSPS) is 15.5. The second-order valence-corrected chi connectivity index (χ2v) is 14.0. The van der Waals surface area contributed by atoms with E-state index in [4.69, 9.17) is 4.42 Å². The highest BCUT2D eigenvalue weighted by molar-refractivity contribution is 6.11. The summed E-state index contributed by atoms with van der Waals surface area (Å²) in [5.41, 5.74) is 20.6. The van der Waals surface area contributed by atoms with Crippen LogP contribution >= 0.6 is 0 Å². The molecule has 1 aromatic heterocycles. The Kier molecular flexibility index (Phi) is 5.20. The van der Waals surface area contributed by atoms with Crippen molar-refractivity contribution in [3.05, 3.63) is 198 Å². The van der Waals surface area contributed by atoms with Crippen LogP contribution in [0, 0.1) is 0 Å². The average molecular weight is 648 g/mol. The minimum atomic E-state index is -0.365. The van der Waals surface area contributed by atoms with E-state index in [0.717, 1.165) is 44.6 Å². The summed E-state index contributed by atoms with van der Waals surface area (Å²) in [4.78, 5) is 2.43. The first-order valence-electron chi connectivity index (χ1n) is 17.7. The Bertz CT molecular complexity index is 2900. The van der Waals surface area contributed by atoms with Crippen molar-refractivity contribution in [2.24, 2.45) is 0 Å². The lowest BCUT2D eigenvalue weighted by Crippen LogP contribution is -2.23. The Morgan fingerprint density at radius 2 is 0.961 bits per heavy atom. The molecule has 0 bridgehead atoms. The number of benzene rings is 8. The lowest BCUT2D eigenvalue weighted by Gasteiger charge is -2.31. The minimum Gasteiger partial charge on any atom is -0.454 e. The van der Waals surface area contributed by atoms with Crippen LogP contribution in [-0.4, -0.2) is 0 Å². The molecule has 1 unspecified atom stereocenters. The quantitative estimate of drug-likeness (QED) is 0.189. The van der Waals surface area contributed by atoms with Gasteiger partial charge in [0.05, 0.1) is 16.8 Å². The van der Waals surface area contributed by atoms with Gasteiger partial charge in [-0.2, -0.15) is 0 Å². The number of rotatable bonds is 4. The molecule has 1 spiro atoms. The van der Waals surface area contributed by atoms with Crippen molar-refractivity contribution in [2.75, 3.05) is 4.90 Å². The molecule has 3 aliphatic carbocycles. The Hall–Kier alpha value is -6.64. The lowest BCUT2D eigenvalue weighted by atomic mass is 9.73. The third-order valence-corrected chi connectivity index (χ3v) is 11.6. The Morgan fingerprint density at radius 3 is 1.76 bits per heavy atom. The molecule has 3 aliphatic rings. The Morgan fingerprint density at radius 1 is 0.392 bits per heavy atom. The predicted octanol–water partition coefficient (Wildman–Crippen LogP) is 13.0. The van der Waals surface area contributed by atoms with Crippen molar-refractivity contribution in [3.8, 4) is 44.5 Å². The van der Waals surface area contributed by atoms with E-state index in [9.17, 15) is 0 Å². The molecule has 2 nitrogen and oxygen atoms in total. The summed E-state index contributed by atoms with van der Waals surface area (Å²) < 4.78 is 6.75. The van der Waals surface area contributed by atoms with Crippen LogP contribution in [0.25, 0.3) is 66.4 Å². The molecule has 0 saturated carbocycles. The van der Waals surface area contributed by atoms with Crippen molar-refractivity contribution in [1.82, 2.24) is 0 Å². The fraction of sp³-hybridized carbons (Fsp3) is 0.0204. The van der Waals surface area contributed by atoms with Gasteiger partial charge in [-0.3, -0.25) is 0 Å². The highest BCUT2D eigenvalue weighted by Gasteiger charge is 2.57. The molecule has 8 aromatic carbocycles. The molecule has 236 valence electrons. The third-order valence-electron chi connectivity index (χ3n) is 11.6. The van der Waals surface area contributed by atoms with Crippen molar-refractivity contribution in [1.29, 1.82) is 0 Å². The monoisotopic (exact) mass is 647 g/mol. The zero-order chi connectivity index (χ0) is 33.3. The number of anilines is 3. The van der Waals surface area contributed by atoms with Crippen LogP contribution in [0.4, 0.5) is 17.1 Å². The number of hydrogen-bond acceptors (Lipinski definition) is 2. The summed E-state index contributed by atoms with van der Waals surface area (Å²) >= 11 is 0. The summed E-state index contributed by atoms with van der Waals surface area (Å²) in [7, 11) is 0. The molecule has 0 aliphatic heterocycles. The van der Waals surface area contributed by atoms with Gasteiger partial charge in [-0.05, 0) is 91.5 Å². The molecule has 9 aromatic rings. The molecular weight excluding hydrogens is 619 g/mol. The van der Waals surface area contributed by atoms with Gasteiger partial charge in [-0.15, -0.1) is 0 Å². The maximum absolute atomic E-state index is 6.75. The van der Waals surface area contributed by atoms with Crippen LogP contribution in [0.5, 0.6) is 0 Å². The molecule has 1 atom stereocenters. The summed E-state index contributed by atoms with van der Waals surface area (Å²) in [6.45, 7) is 0. The second kappa shape index (κ2) is 9.74. The van der Waals surface area contributed by atoms with E-state index in [2.05, 4.69) is 175 Å². The number of fused-ring (bicyclic) bond motifs is 8. The van der Waals surface area contributed by atoms with Crippen molar-refractivity contribution >= 4 is 39.0 Å². The fourth-order valence-electron chi connectivity index (χ4n) is 9.73. The van der Waals surface area contributed by atoms with Gasteiger partial charge in [-0.1, -0.05) is 146 Å². The second-order valence-electron chi connectivity index (χ2n) is 14.0. The number of hydrogen-bond donors (Lipinski definition) is 0. The van der Waals surface area contributed by atoms with E-state index >= 15 is 0 Å². The molecule has 0 N–H and O–H groups in total. The van der Waals surface area contributed by atoms with Crippen LogP contribution in [0.3, 0.4) is 0 Å². The molecule has 0 fully saturated rings. The van der Waals surface area contributed by atoms with Gasteiger partial charge in [-0.25, -0.2) is 0 Å². The van der Waals surface area contributed by atoms with Crippen LogP contribution in [0.2, 0.25) is 0 Å². The van der Waals surface area contributed by atoms with Gasteiger partial charge in [0.1, 0.15) is 5.58 Å². The maximum Gasteiger partial charge on any atom is 0.159 e. The number of furan rings is 1. The Labute approximate surface area is 295 Å². The van der Waals surface area contributed by atoms with Gasteiger partial charge < -0.3 is 9.32 Å². The van der Waals surface area contributed by atoms with E-state index < -0.39 is 0 Å². The highest BCUT2D eigenvalue weighted by Crippen LogP contribution is 2.70. The first-order valence-corrected chi connectivity index (χ1v) is 17.7. The van der Waals surface area contributed by atoms with Gasteiger partial charge in [0, 0.05) is 22.0 Å². The maximum atomic E-state index is 6.75. The molecule has 0 saturated heterocycles. The van der Waals surface area contributed by atoms with Crippen LogP contribution in [0.1, 0.15) is 22.3 Å². The largest absolute Gasteiger partial charge is 0.454 e. The first-order chi connectivity index (χ1) is 25.3. The van der Waals surface area contributed by atoms with E-state index in [1.807, 2.05) is 6.07 Å².